The van der Waals surface area contributed by atoms with Crippen molar-refractivity contribution < 1.29 is 19.4 Å². The highest BCUT2D eigenvalue weighted by Gasteiger charge is 2.38. The van der Waals surface area contributed by atoms with E-state index in [1.165, 1.54) is 0 Å². The van der Waals surface area contributed by atoms with Crippen molar-refractivity contribution in [2.24, 2.45) is 11.7 Å². The molecule has 194 valence electrons. The fourth-order valence-corrected chi connectivity index (χ4v) is 4.92. The van der Waals surface area contributed by atoms with E-state index in [1.807, 2.05) is 43.9 Å². The number of amidine groups is 1. The zero-order valence-electron chi connectivity index (χ0n) is 21.8. The van der Waals surface area contributed by atoms with Crippen LogP contribution < -0.4 is 10.5 Å². The summed E-state index contributed by atoms with van der Waals surface area (Å²) in [6.07, 6.45) is 2.61. The molecule has 7 nitrogen and oxygen atoms in total. The van der Waals surface area contributed by atoms with Gasteiger partial charge in [-0.25, -0.2) is 0 Å². The first-order chi connectivity index (χ1) is 17.0. The number of amides is 1. The highest BCUT2D eigenvalue weighted by molar-refractivity contribution is 6.01. The maximum atomic E-state index is 13.5. The van der Waals surface area contributed by atoms with Gasteiger partial charge in [0.05, 0.1) is 13.2 Å². The Kier molecular flexibility index (Phi) is 8.77. The number of phenolic OH excluding ortho intramolecular Hbond substituents is 1. The number of hydrogen-bond donors (Lipinski definition) is 3. The topological polar surface area (TPSA) is 117 Å². The van der Waals surface area contributed by atoms with Crippen LogP contribution in [0.5, 0.6) is 11.5 Å². The number of carbonyl (C=O) groups is 2. The van der Waals surface area contributed by atoms with Gasteiger partial charge >= 0.3 is 0 Å². The van der Waals surface area contributed by atoms with E-state index in [0.29, 0.717) is 29.9 Å². The predicted octanol–water partition coefficient (Wildman–Crippen LogP) is 5.01. The van der Waals surface area contributed by atoms with Crippen LogP contribution in [0.1, 0.15) is 80.8 Å². The standard InChI is InChI=1S/C29H39N3O4/c1-5-10-20-17-32(28(31)26(20)19-11-7-6-8-12-19)18-23(33)21-15-22(29(2,3)4)27(35)24(16-21)36-14-9-13-25(30)34/h6-8,11-12,15-16,20,26,31,35H,5,9-10,13-14,17-18H2,1-4H3,(H2,30,34)/t20-,26+/m0/s1. The number of primary amides is 1. The van der Waals surface area contributed by atoms with Gasteiger partial charge in [-0.1, -0.05) is 64.4 Å². The van der Waals surface area contributed by atoms with Crippen molar-refractivity contribution in [3.05, 3.63) is 59.2 Å². The highest BCUT2D eigenvalue weighted by Crippen LogP contribution is 2.40. The van der Waals surface area contributed by atoms with Gasteiger partial charge in [0, 0.05) is 30.0 Å². The summed E-state index contributed by atoms with van der Waals surface area (Å²) in [7, 11) is 0. The minimum atomic E-state index is -0.420. The van der Waals surface area contributed by atoms with Crippen LogP contribution in [0.3, 0.4) is 0 Å². The zero-order valence-corrected chi connectivity index (χ0v) is 21.8. The molecule has 1 aliphatic heterocycles. The lowest BCUT2D eigenvalue weighted by Gasteiger charge is -2.24. The quantitative estimate of drug-likeness (QED) is 0.300. The number of ketones is 1. The molecule has 0 radical (unpaired) electrons. The molecule has 0 aromatic heterocycles. The van der Waals surface area contributed by atoms with E-state index in [2.05, 4.69) is 19.1 Å². The van der Waals surface area contributed by atoms with Gasteiger partial charge in [0.2, 0.25) is 5.91 Å². The fraction of sp³-hybridized carbons (Fsp3) is 0.483. The van der Waals surface area contributed by atoms with Crippen molar-refractivity contribution in [3.63, 3.8) is 0 Å². The van der Waals surface area contributed by atoms with Crippen LogP contribution in [0, 0.1) is 11.3 Å². The summed E-state index contributed by atoms with van der Waals surface area (Å²) in [5, 5.41) is 19.7. The zero-order chi connectivity index (χ0) is 26.5. The van der Waals surface area contributed by atoms with Crippen molar-refractivity contribution >= 4 is 17.5 Å². The molecule has 0 spiro atoms. The number of nitrogens with two attached hydrogens (primary N) is 1. The average Bonchev–Trinajstić information content (AvgIpc) is 3.11. The Morgan fingerprint density at radius 2 is 1.89 bits per heavy atom. The Morgan fingerprint density at radius 1 is 1.19 bits per heavy atom. The smallest absolute Gasteiger partial charge is 0.217 e. The van der Waals surface area contributed by atoms with Gasteiger partial charge < -0.3 is 20.5 Å². The number of benzene rings is 2. The van der Waals surface area contributed by atoms with Crippen molar-refractivity contribution in [2.45, 2.75) is 64.7 Å². The Morgan fingerprint density at radius 3 is 2.50 bits per heavy atom. The van der Waals surface area contributed by atoms with Crippen LogP contribution in [-0.2, 0) is 10.2 Å². The SMILES string of the molecule is CCC[C@H]1CN(CC(=O)c2cc(OCCCC(N)=O)c(O)c(C(C)(C)C)c2)C(=N)[C@@H]1c1ccccc1. The van der Waals surface area contributed by atoms with Crippen molar-refractivity contribution in [1.29, 1.82) is 5.41 Å². The summed E-state index contributed by atoms with van der Waals surface area (Å²) < 4.78 is 5.76. The number of hydrogen-bond acceptors (Lipinski definition) is 5. The van der Waals surface area contributed by atoms with E-state index >= 15 is 0 Å². The van der Waals surface area contributed by atoms with Gasteiger partial charge in [0.25, 0.3) is 0 Å². The van der Waals surface area contributed by atoms with Crippen molar-refractivity contribution in [3.8, 4) is 11.5 Å². The Bertz CT molecular complexity index is 1090. The number of Topliss-reactive ketones (excluding diaryl/α,β-unsaturated/α-hetero) is 1. The molecular weight excluding hydrogens is 454 g/mol. The highest BCUT2D eigenvalue weighted by atomic mass is 16.5. The van der Waals surface area contributed by atoms with E-state index < -0.39 is 11.3 Å². The summed E-state index contributed by atoms with van der Waals surface area (Å²) in [6, 6.07) is 13.4. The molecule has 0 bridgehead atoms. The van der Waals surface area contributed by atoms with Gasteiger partial charge in [-0.2, -0.15) is 0 Å². The number of nitrogens with one attached hydrogen (secondary N) is 1. The number of aromatic hydroxyl groups is 1. The van der Waals surface area contributed by atoms with Crippen LogP contribution in [-0.4, -0.2) is 47.2 Å². The van der Waals surface area contributed by atoms with E-state index in [0.717, 1.165) is 18.4 Å². The Hall–Kier alpha value is -3.35. The predicted molar refractivity (Wildman–Crippen MR) is 142 cm³/mol. The second-order valence-electron chi connectivity index (χ2n) is 10.7. The first-order valence-corrected chi connectivity index (χ1v) is 12.7. The first kappa shape index (κ1) is 27.2. The van der Waals surface area contributed by atoms with E-state index in [4.69, 9.17) is 15.9 Å². The molecule has 2 atom stereocenters. The molecule has 4 N–H and O–H groups in total. The molecule has 1 aliphatic rings. The molecule has 2 aromatic rings. The molecule has 0 aliphatic carbocycles. The van der Waals surface area contributed by atoms with Gasteiger partial charge in [-0.15, -0.1) is 0 Å². The van der Waals surface area contributed by atoms with Crippen molar-refractivity contribution in [2.75, 3.05) is 19.7 Å². The molecular formula is C29H39N3O4. The monoisotopic (exact) mass is 493 g/mol. The number of ether oxygens (including phenoxy) is 1. The second kappa shape index (κ2) is 11.6. The molecule has 1 fully saturated rings. The van der Waals surface area contributed by atoms with Gasteiger partial charge in [-0.3, -0.25) is 15.0 Å². The lowest BCUT2D eigenvalue weighted by Crippen LogP contribution is -2.32. The molecule has 3 rings (SSSR count). The molecule has 1 amide bonds. The Balaban J connectivity index is 1.84. The summed E-state index contributed by atoms with van der Waals surface area (Å²) in [6.45, 7) is 8.99. The number of rotatable bonds is 11. The average molecular weight is 494 g/mol. The minimum absolute atomic E-state index is 0.000748. The summed E-state index contributed by atoms with van der Waals surface area (Å²) in [5.41, 5.74) is 6.94. The molecule has 1 heterocycles. The molecule has 0 unspecified atom stereocenters. The van der Waals surface area contributed by atoms with E-state index in [-0.39, 0.29) is 48.7 Å². The van der Waals surface area contributed by atoms with Crippen LogP contribution in [0.4, 0.5) is 0 Å². The molecule has 0 saturated carbocycles. The normalized spacial score (nSPS) is 17.9. The van der Waals surface area contributed by atoms with Gasteiger partial charge in [0.15, 0.2) is 17.3 Å². The largest absolute Gasteiger partial charge is 0.504 e. The third kappa shape index (κ3) is 6.45. The number of likely N-dealkylation sites (tertiary alicyclic amines) is 1. The van der Waals surface area contributed by atoms with Gasteiger partial charge in [0.1, 0.15) is 5.84 Å². The van der Waals surface area contributed by atoms with E-state index in [9.17, 15) is 14.7 Å². The number of carbonyl (C=O) groups excluding carboxylic acids is 2. The third-order valence-corrected chi connectivity index (χ3v) is 6.74. The lowest BCUT2D eigenvalue weighted by molar-refractivity contribution is -0.118. The maximum absolute atomic E-state index is 13.5. The minimum Gasteiger partial charge on any atom is -0.504 e. The number of phenols is 1. The Labute approximate surface area is 214 Å². The maximum Gasteiger partial charge on any atom is 0.217 e. The fourth-order valence-electron chi connectivity index (χ4n) is 4.92. The van der Waals surface area contributed by atoms with Crippen LogP contribution >= 0.6 is 0 Å². The summed E-state index contributed by atoms with van der Waals surface area (Å²) in [4.78, 5) is 26.4. The third-order valence-electron chi connectivity index (χ3n) is 6.74. The molecule has 1 saturated heterocycles. The molecule has 2 aromatic carbocycles. The summed E-state index contributed by atoms with van der Waals surface area (Å²) in [5.74, 6) is 0.420. The number of nitrogens with zero attached hydrogens (tertiary/aromatic N) is 1. The van der Waals surface area contributed by atoms with Crippen LogP contribution in [0.25, 0.3) is 0 Å². The van der Waals surface area contributed by atoms with E-state index in [1.54, 1.807) is 12.1 Å². The van der Waals surface area contributed by atoms with Gasteiger partial charge in [-0.05, 0) is 41.9 Å². The molecule has 36 heavy (non-hydrogen) atoms. The second-order valence-corrected chi connectivity index (χ2v) is 10.7. The molecule has 7 heteroatoms. The summed E-state index contributed by atoms with van der Waals surface area (Å²) >= 11 is 0. The van der Waals surface area contributed by atoms with Crippen LogP contribution in [0.2, 0.25) is 0 Å². The van der Waals surface area contributed by atoms with Crippen molar-refractivity contribution in [1.82, 2.24) is 4.90 Å². The first-order valence-electron chi connectivity index (χ1n) is 12.7. The lowest BCUT2D eigenvalue weighted by atomic mass is 9.84. The van der Waals surface area contributed by atoms with Crippen LogP contribution in [0.15, 0.2) is 42.5 Å².